The van der Waals surface area contributed by atoms with Crippen LogP contribution in [0.1, 0.15) is 113 Å². The van der Waals surface area contributed by atoms with Crippen LogP contribution in [0.4, 0.5) is 0 Å². The van der Waals surface area contributed by atoms with Gasteiger partial charge in [0, 0.05) is 35.2 Å². The standard InChI is InChI=1S/C43H56O17/c1-12-21(4)30(47)53-25-16-35(7)28(23-13-14-52-18-23)54-27(45)17-40(35)43-32(55-29(46)20(2)3)41(50)31(56-33(48)36(8)22(5)57-36)34(6)19-39(41,49)37(9,24(34)15-26(44)51-11)42(25,43)59-38(10,58-40)60-43/h13-14,18,20-22,24-25,28,31-32,49-50H,12,15-17,19H2,1-11H3/t21-,22+,24+,25+,28-,31+,32+,34-,35+,36+,37-,38+,39+,40-,41+,42+,43-/m0/s1. The molecule has 17 atom stereocenters. The highest BCUT2D eigenvalue weighted by molar-refractivity contribution is 5.83. The summed E-state index contributed by atoms with van der Waals surface area (Å²) < 4.78 is 63.7. The van der Waals surface area contributed by atoms with Crippen LogP contribution in [0.25, 0.3) is 0 Å². The summed E-state index contributed by atoms with van der Waals surface area (Å²) in [5.74, 6) is -8.52. The molecule has 2 spiro atoms. The third kappa shape index (κ3) is 4.28. The van der Waals surface area contributed by atoms with Crippen molar-refractivity contribution in [3.05, 3.63) is 24.2 Å². The van der Waals surface area contributed by atoms with Gasteiger partial charge in [0.2, 0.25) is 0 Å². The third-order valence-electron chi connectivity index (χ3n) is 16.8. The lowest BCUT2D eigenvalue weighted by atomic mass is 9.31. The summed E-state index contributed by atoms with van der Waals surface area (Å²) in [5.41, 5.74) is -17.8. The number of carbonyl (C=O) groups excluding carboxylic acids is 5. The number of esters is 5. The smallest absolute Gasteiger partial charge is 0.341 e. The van der Waals surface area contributed by atoms with E-state index in [0.29, 0.717) is 12.0 Å². The van der Waals surface area contributed by atoms with Gasteiger partial charge in [-0.1, -0.05) is 48.5 Å². The maximum Gasteiger partial charge on any atom is 0.341 e. The molecule has 8 fully saturated rings. The largest absolute Gasteiger partial charge is 0.472 e. The molecule has 1 aromatic rings. The summed E-state index contributed by atoms with van der Waals surface area (Å²) in [4.78, 5) is 71.1. The van der Waals surface area contributed by atoms with Gasteiger partial charge in [-0.15, -0.1) is 0 Å². The van der Waals surface area contributed by atoms with E-state index in [0.717, 1.165) is 0 Å². The van der Waals surface area contributed by atoms with Crippen molar-refractivity contribution in [3.63, 3.8) is 0 Å². The summed E-state index contributed by atoms with van der Waals surface area (Å²) in [5, 5.41) is 28.1. The van der Waals surface area contributed by atoms with Crippen molar-refractivity contribution in [1.29, 1.82) is 0 Å². The number of methoxy groups -OCH3 is 1. The minimum atomic E-state index is -2.80. The van der Waals surface area contributed by atoms with Gasteiger partial charge in [-0.05, 0) is 45.1 Å². The van der Waals surface area contributed by atoms with Gasteiger partial charge in [0.1, 0.15) is 29.5 Å². The molecule has 4 saturated carbocycles. The first-order valence-electron chi connectivity index (χ1n) is 21.0. The monoisotopic (exact) mass is 844 g/mol. The molecule has 1 aromatic heterocycles. The van der Waals surface area contributed by atoms with Crippen LogP contribution in [0.15, 0.2) is 23.0 Å². The Balaban J connectivity index is 1.41. The summed E-state index contributed by atoms with van der Waals surface area (Å²) >= 11 is 0. The zero-order valence-electron chi connectivity index (χ0n) is 35.9. The second-order valence-electron chi connectivity index (χ2n) is 20.0. The van der Waals surface area contributed by atoms with Crippen LogP contribution in [0.2, 0.25) is 0 Å². The molecule has 60 heavy (non-hydrogen) atoms. The Kier molecular flexibility index (Phi) is 8.41. The minimum Gasteiger partial charge on any atom is -0.472 e. The summed E-state index contributed by atoms with van der Waals surface area (Å²) in [7, 11) is 1.21. The number of hydrogen-bond donors (Lipinski definition) is 2. The molecule has 9 rings (SSSR count). The van der Waals surface area contributed by atoms with E-state index in [9.17, 15) is 34.2 Å². The van der Waals surface area contributed by atoms with Gasteiger partial charge in [0.15, 0.2) is 28.5 Å². The van der Waals surface area contributed by atoms with Crippen molar-refractivity contribution in [1.82, 2.24) is 0 Å². The van der Waals surface area contributed by atoms with Gasteiger partial charge in [0.05, 0.1) is 44.0 Å². The molecule has 17 nitrogen and oxygen atoms in total. The van der Waals surface area contributed by atoms with E-state index in [-0.39, 0.29) is 12.8 Å². The van der Waals surface area contributed by atoms with Crippen molar-refractivity contribution in [2.75, 3.05) is 7.11 Å². The van der Waals surface area contributed by atoms with Crippen LogP contribution in [0.5, 0.6) is 0 Å². The highest BCUT2D eigenvalue weighted by Crippen LogP contribution is 2.89. The molecule has 0 unspecified atom stereocenters. The van der Waals surface area contributed by atoms with Gasteiger partial charge in [-0.25, -0.2) is 4.79 Å². The van der Waals surface area contributed by atoms with Crippen molar-refractivity contribution >= 4 is 29.8 Å². The predicted molar refractivity (Wildman–Crippen MR) is 198 cm³/mol. The molecular formula is C43H56O17. The average Bonchev–Trinajstić information content (AvgIpc) is 3.63. The van der Waals surface area contributed by atoms with E-state index >= 15 is 0 Å². The van der Waals surface area contributed by atoms with E-state index in [4.69, 9.17) is 47.0 Å². The highest BCUT2D eigenvalue weighted by atomic mass is 17.0. The Morgan fingerprint density at radius 1 is 0.933 bits per heavy atom. The predicted octanol–water partition coefficient (Wildman–Crippen LogP) is 3.34. The van der Waals surface area contributed by atoms with E-state index < -0.39 is 147 Å². The molecule has 4 aliphatic carbocycles. The lowest BCUT2D eigenvalue weighted by molar-refractivity contribution is -0.479. The van der Waals surface area contributed by atoms with Crippen molar-refractivity contribution < 1.29 is 81.2 Å². The number of cyclic esters (lactones) is 1. The Morgan fingerprint density at radius 2 is 1.60 bits per heavy atom. The number of aliphatic hydroxyl groups is 2. The minimum absolute atomic E-state index is 0.151. The summed E-state index contributed by atoms with van der Waals surface area (Å²) in [6.07, 6.45) is -5.20. The fraction of sp³-hybridized carbons (Fsp3) is 0.791. The van der Waals surface area contributed by atoms with E-state index in [1.54, 1.807) is 54.5 Å². The Morgan fingerprint density at radius 3 is 2.18 bits per heavy atom. The van der Waals surface area contributed by atoms with Crippen LogP contribution in [-0.2, 0) is 66.6 Å². The van der Waals surface area contributed by atoms with Gasteiger partial charge < -0.3 is 57.3 Å². The number of hydrogen-bond acceptors (Lipinski definition) is 17. The maximum absolute atomic E-state index is 14.4. The Bertz CT molecular complexity index is 2070. The van der Waals surface area contributed by atoms with Gasteiger partial charge in [-0.3, -0.25) is 19.2 Å². The third-order valence-corrected chi connectivity index (χ3v) is 16.8. The molecule has 17 heteroatoms. The molecule has 8 aliphatic rings. The fourth-order valence-corrected chi connectivity index (χ4v) is 13.7. The molecule has 4 saturated heterocycles. The van der Waals surface area contributed by atoms with Gasteiger partial charge in [0.25, 0.3) is 5.97 Å². The molecule has 4 aliphatic heterocycles. The normalized spacial score (nSPS) is 51.6. The van der Waals surface area contributed by atoms with Crippen molar-refractivity contribution in [2.24, 2.45) is 34.0 Å². The summed E-state index contributed by atoms with van der Waals surface area (Å²) in [6, 6.07) is 1.62. The van der Waals surface area contributed by atoms with Crippen molar-refractivity contribution in [3.8, 4) is 0 Å². The quantitative estimate of drug-likeness (QED) is 0.196. The molecule has 4 bridgehead atoms. The number of furan rings is 1. The fourth-order valence-electron chi connectivity index (χ4n) is 13.7. The number of carbonyl (C=O) groups is 5. The van der Waals surface area contributed by atoms with Gasteiger partial charge >= 0.3 is 29.8 Å². The molecule has 0 aromatic carbocycles. The van der Waals surface area contributed by atoms with Gasteiger partial charge in [-0.2, -0.15) is 0 Å². The van der Waals surface area contributed by atoms with E-state index in [1.165, 1.54) is 33.5 Å². The number of epoxide rings is 1. The zero-order chi connectivity index (χ0) is 43.8. The van der Waals surface area contributed by atoms with Crippen LogP contribution in [0, 0.1) is 34.0 Å². The number of fused-ring (bicyclic) bond motifs is 2. The Hall–Kier alpha value is -3.61. The topological polar surface area (TPSA) is 225 Å². The SMILES string of the molecule is CC[C@H](C)C(=O)O[C@@H]1C[C@]2(C)[C@H](c3ccoc3)OC(=O)C[C@]23O[C@]2(C)O[C@@]14[C@@]1(C)[C@H](CC(=O)OC)[C@]5(C)C[C@]1(O)[C@@](O)([C@@H]5OC(=O)[C@]1(C)O[C@@H]1C)[C@@H](OC(=O)C(C)C)[C@]34O2. The molecule has 0 radical (unpaired) electrons. The first kappa shape index (κ1) is 41.7. The average molecular weight is 845 g/mol. The lowest BCUT2D eigenvalue weighted by Crippen LogP contribution is -2.99. The number of ether oxygens (including phenoxy) is 9. The first-order valence-corrected chi connectivity index (χ1v) is 21.0. The zero-order valence-corrected chi connectivity index (χ0v) is 35.9. The second-order valence-corrected chi connectivity index (χ2v) is 20.0. The highest BCUT2D eigenvalue weighted by Gasteiger charge is 3.07. The Labute approximate surface area is 347 Å². The van der Waals surface area contributed by atoms with Crippen LogP contribution >= 0.6 is 0 Å². The van der Waals surface area contributed by atoms with Crippen LogP contribution in [-0.4, -0.2) is 111 Å². The van der Waals surface area contributed by atoms with Crippen LogP contribution < -0.4 is 0 Å². The molecule has 2 N–H and O–H groups in total. The molecule has 5 heterocycles. The lowest BCUT2D eigenvalue weighted by Gasteiger charge is -2.79. The molecule has 0 amide bonds. The van der Waals surface area contributed by atoms with E-state index in [1.807, 2.05) is 6.92 Å². The van der Waals surface area contributed by atoms with Crippen LogP contribution in [0.3, 0.4) is 0 Å². The molecular weight excluding hydrogens is 788 g/mol. The van der Waals surface area contributed by atoms with Crippen molar-refractivity contribution in [2.45, 2.75) is 171 Å². The number of rotatable bonds is 10. The second kappa shape index (κ2) is 12.1. The maximum atomic E-state index is 14.4. The van der Waals surface area contributed by atoms with E-state index in [2.05, 4.69) is 0 Å². The molecule has 330 valence electrons. The summed E-state index contributed by atoms with van der Waals surface area (Å²) in [6.45, 7) is 16.5. The first-order chi connectivity index (χ1) is 27.8.